The summed E-state index contributed by atoms with van der Waals surface area (Å²) in [4.78, 5) is 0. The highest BCUT2D eigenvalue weighted by molar-refractivity contribution is 5.19. The quantitative estimate of drug-likeness (QED) is 0.868. The first kappa shape index (κ1) is 14.0. The molecular weight excluding hydrogens is 257 g/mol. The zero-order valence-corrected chi connectivity index (χ0v) is 11.7. The molecular formula is C16H22FNO2. The lowest BCUT2D eigenvalue weighted by atomic mass is 10.1. The van der Waals surface area contributed by atoms with E-state index in [1.165, 1.54) is 18.9 Å². The summed E-state index contributed by atoms with van der Waals surface area (Å²) in [6.07, 6.45) is 4.48. The predicted molar refractivity (Wildman–Crippen MR) is 75.1 cm³/mol. The molecule has 1 heterocycles. The minimum atomic E-state index is -0.200. The Bertz CT molecular complexity index is 430. The zero-order valence-electron chi connectivity index (χ0n) is 11.7. The Hall–Kier alpha value is -0.970. The topological polar surface area (TPSA) is 30.5 Å². The van der Waals surface area contributed by atoms with Gasteiger partial charge in [-0.25, -0.2) is 4.39 Å². The minimum Gasteiger partial charge on any atom is -0.381 e. The molecule has 1 unspecified atom stereocenters. The summed E-state index contributed by atoms with van der Waals surface area (Å²) >= 11 is 0. The van der Waals surface area contributed by atoms with Crippen LogP contribution in [-0.4, -0.2) is 31.9 Å². The fraction of sp³-hybridized carbons (Fsp3) is 0.625. The summed E-state index contributed by atoms with van der Waals surface area (Å²) in [5.41, 5.74) is 0.921. The second kappa shape index (κ2) is 6.66. The predicted octanol–water partition coefficient (Wildman–Crippen LogP) is 2.81. The van der Waals surface area contributed by atoms with Crippen LogP contribution in [0.4, 0.5) is 4.39 Å². The van der Waals surface area contributed by atoms with Crippen molar-refractivity contribution in [1.82, 2.24) is 5.32 Å². The van der Waals surface area contributed by atoms with E-state index in [-0.39, 0.29) is 18.0 Å². The van der Waals surface area contributed by atoms with Gasteiger partial charge in [-0.1, -0.05) is 12.1 Å². The van der Waals surface area contributed by atoms with E-state index in [2.05, 4.69) is 5.32 Å². The van der Waals surface area contributed by atoms with Crippen LogP contribution in [-0.2, 0) is 9.47 Å². The summed E-state index contributed by atoms with van der Waals surface area (Å²) in [6.45, 7) is 2.28. The Morgan fingerprint density at radius 2 is 2.05 bits per heavy atom. The molecule has 0 spiro atoms. The van der Waals surface area contributed by atoms with Crippen molar-refractivity contribution in [2.75, 3.05) is 19.8 Å². The molecule has 1 saturated heterocycles. The highest BCUT2D eigenvalue weighted by atomic mass is 19.1. The molecule has 1 N–H and O–H groups in total. The maximum Gasteiger partial charge on any atom is 0.123 e. The molecule has 0 bridgehead atoms. The van der Waals surface area contributed by atoms with Crippen molar-refractivity contribution >= 4 is 0 Å². The molecule has 0 amide bonds. The Morgan fingerprint density at radius 3 is 2.75 bits per heavy atom. The van der Waals surface area contributed by atoms with Gasteiger partial charge >= 0.3 is 0 Å². The van der Waals surface area contributed by atoms with Gasteiger partial charge in [-0.3, -0.25) is 0 Å². The van der Waals surface area contributed by atoms with Gasteiger partial charge in [0.25, 0.3) is 0 Å². The lowest BCUT2D eigenvalue weighted by Crippen LogP contribution is -2.31. The summed E-state index contributed by atoms with van der Waals surface area (Å²) in [7, 11) is 0. The monoisotopic (exact) mass is 279 g/mol. The first-order valence-corrected chi connectivity index (χ1v) is 7.53. The summed E-state index contributed by atoms with van der Waals surface area (Å²) in [5.74, 6) is -0.200. The molecule has 3 rings (SSSR count). The van der Waals surface area contributed by atoms with Gasteiger partial charge in [-0.2, -0.15) is 0 Å². The number of nitrogens with one attached hydrogen (secondary N) is 1. The molecule has 2 fully saturated rings. The van der Waals surface area contributed by atoms with Crippen LogP contribution in [0.2, 0.25) is 0 Å². The number of ether oxygens (including phenoxy) is 2. The molecule has 1 aromatic rings. The molecule has 4 heteroatoms. The van der Waals surface area contributed by atoms with Crippen molar-refractivity contribution < 1.29 is 13.9 Å². The van der Waals surface area contributed by atoms with Crippen LogP contribution in [0.15, 0.2) is 24.3 Å². The lowest BCUT2D eigenvalue weighted by molar-refractivity contribution is -0.0690. The highest BCUT2D eigenvalue weighted by Crippen LogP contribution is 2.25. The maximum absolute atomic E-state index is 13.4. The van der Waals surface area contributed by atoms with Crippen molar-refractivity contribution in [3.05, 3.63) is 35.6 Å². The maximum atomic E-state index is 13.4. The third-order valence-corrected chi connectivity index (χ3v) is 3.91. The van der Waals surface area contributed by atoms with Crippen LogP contribution in [0.3, 0.4) is 0 Å². The molecule has 3 nitrogen and oxygen atoms in total. The van der Waals surface area contributed by atoms with E-state index < -0.39 is 0 Å². The molecule has 0 aromatic heterocycles. The average molecular weight is 279 g/mol. The lowest BCUT2D eigenvalue weighted by Gasteiger charge is -2.28. The van der Waals surface area contributed by atoms with Gasteiger partial charge in [-0.05, 0) is 43.4 Å². The van der Waals surface area contributed by atoms with Gasteiger partial charge in [0.1, 0.15) is 5.82 Å². The Morgan fingerprint density at radius 1 is 1.25 bits per heavy atom. The van der Waals surface area contributed by atoms with Crippen LogP contribution in [0.1, 0.15) is 37.4 Å². The van der Waals surface area contributed by atoms with Crippen LogP contribution in [0, 0.1) is 5.82 Å². The van der Waals surface area contributed by atoms with Gasteiger partial charge in [0, 0.05) is 25.8 Å². The molecule has 1 aliphatic heterocycles. The fourth-order valence-corrected chi connectivity index (χ4v) is 2.56. The van der Waals surface area contributed by atoms with Gasteiger partial charge in [-0.15, -0.1) is 0 Å². The highest BCUT2D eigenvalue weighted by Gasteiger charge is 2.25. The number of hydrogen-bond acceptors (Lipinski definition) is 3. The van der Waals surface area contributed by atoms with Gasteiger partial charge in [0.05, 0.1) is 12.2 Å². The molecule has 1 aliphatic carbocycles. The third kappa shape index (κ3) is 4.01. The molecule has 1 saturated carbocycles. The van der Waals surface area contributed by atoms with Crippen LogP contribution in [0.25, 0.3) is 0 Å². The van der Waals surface area contributed by atoms with Gasteiger partial charge in [0.15, 0.2) is 0 Å². The molecule has 20 heavy (non-hydrogen) atoms. The SMILES string of the molecule is Fc1cccc(C(CNC2CC2)OC2CCOCC2)c1. The van der Waals surface area contributed by atoms with E-state index in [9.17, 15) is 4.39 Å². The molecule has 1 aromatic carbocycles. The van der Waals surface area contributed by atoms with Crippen molar-refractivity contribution in [3.63, 3.8) is 0 Å². The third-order valence-electron chi connectivity index (χ3n) is 3.91. The van der Waals surface area contributed by atoms with Gasteiger partial charge < -0.3 is 14.8 Å². The summed E-state index contributed by atoms with van der Waals surface area (Å²) in [5, 5.41) is 3.49. The molecule has 0 radical (unpaired) electrons. The van der Waals surface area contributed by atoms with E-state index in [0.717, 1.165) is 38.2 Å². The van der Waals surface area contributed by atoms with E-state index in [0.29, 0.717) is 6.04 Å². The number of benzene rings is 1. The zero-order chi connectivity index (χ0) is 13.8. The number of hydrogen-bond donors (Lipinski definition) is 1. The number of rotatable bonds is 6. The van der Waals surface area contributed by atoms with Gasteiger partial charge in [0.2, 0.25) is 0 Å². The second-order valence-electron chi connectivity index (χ2n) is 5.67. The minimum absolute atomic E-state index is 0.0746. The average Bonchev–Trinajstić information content (AvgIpc) is 3.29. The Balaban J connectivity index is 1.64. The Kier molecular flexibility index (Phi) is 4.65. The molecule has 1 atom stereocenters. The van der Waals surface area contributed by atoms with Crippen molar-refractivity contribution in [2.45, 2.75) is 43.9 Å². The summed E-state index contributed by atoms with van der Waals surface area (Å²) < 4.78 is 25.0. The first-order chi connectivity index (χ1) is 9.81. The van der Waals surface area contributed by atoms with Crippen molar-refractivity contribution in [2.24, 2.45) is 0 Å². The fourth-order valence-electron chi connectivity index (χ4n) is 2.56. The van der Waals surface area contributed by atoms with Crippen LogP contribution in [0.5, 0.6) is 0 Å². The smallest absolute Gasteiger partial charge is 0.123 e. The Labute approximate surface area is 119 Å². The van der Waals surface area contributed by atoms with E-state index >= 15 is 0 Å². The van der Waals surface area contributed by atoms with E-state index in [1.807, 2.05) is 6.07 Å². The van der Waals surface area contributed by atoms with E-state index in [4.69, 9.17) is 9.47 Å². The largest absolute Gasteiger partial charge is 0.381 e. The first-order valence-electron chi connectivity index (χ1n) is 7.53. The van der Waals surface area contributed by atoms with Crippen LogP contribution < -0.4 is 5.32 Å². The van der Waals surface area contributed by atoms with Crippen molar-refractivity contribution in [3.8, 4) is 0 Å². The molecule has 2 aliphatic rings. The summed E-state index contributed by atoms with van der Waals surface area (Å²) in [6, 6.07) is 7.38. The molecule has 110 valence electrons. The second-order valence-corrected chi connectivity index (χ2v) is 5.67. The normalized spacial score (nSPS) is 21.9. The number of halogens is 1. The van der Waals surface area contributed by atoms with E-state index in [1.54, 1.807) is 12.1 Å². The van der Waals surface area contributed by atoms with Crippen molar-refractivity contribution in [1.29, 1.82) is 0 Å². The van der Waals surface area contributed by atoms with Crippen LogP contribution >= 0.6 is 0 Å². The standard InChI is InChI=1S/C16H22FNO2/c17-13-3-1-2-12(10-13)16(11-18-14-4-5-14)20-15-6-8-19-9-7-15/h1-3,10,14-16,18H,4-9,11H2.